The fourth-order valence-electron chi connectivity index (χ4n) is 2.41. The molecule has 0 amide bonds. The lowest BCUT2D eigenvalue weighted by molar-refractivity contribution is -0.146. The van der Waals surface area contributed by atoms with E-state index in [-0.39, 0.29) is 27.8 Å². The number of anilines is 1. The van der Waals surface area contributed by atoms with Crippen molar-refractivity contribution in [2.45, 2.75) is 6.18 Å². The highest BCUT2D eigenvalue weighted by molar-refractivity contribution is 5.88. The number of nitrogen functional groups attached to an aromatic ring is 1. The lowest BCUT2D eigenvalue weighted by Gasteiger charge is -2.16. The van der Waals surface area contributed by atoms with Crippen LogP contribution < -0.4 is 11.3 Å². The van der Waals surface area contributed by atoms with E-state index in [4.69, 9.17) is 10.8 Å². The molecule has 3 rings (SSSR count). The third-order valence-electron chi connectivity index (χ3n) is 3.50. The fourth-order valence-corrected chi connectivity index (χ4v) is 2.41. The Morgan fingerprint density at radius 2 is 1.88 bits per heavy atom. The number of fused-ring (bicyclic) bond motifs is 1. The summed E-state index contributed by atoms with van der Waals surface area (Å²) in [5.41, 5.74) is 4.12. The molecule has 1 aromatic heterocycles. The summed E-state index contributed by atoms with van der Waals surface area (Å²) in [4.78, 5) is 27.3. The van der Waals surface area contributed by atoms with E-state index in [9.17, 15) is 22.8 Å². The van der Waals surface area contributed by atoms with Gasteiger partial charge in [0.2, 0.25) is 5.82 Å². The maximum atomic E-state index is 13.4. The number of halogens is 3. The standard InChI is InChI=1S/C16H10F3N3O3/c17-16(18,19)15-21-12-5-4-9(20)7-11(12)13(23)22(15)10-3-1-2-8(6-10)14(24)25/h1-7H,20H2,(H,24,25). The van der Waals surface area contributed by atoms with E-state index in [2.05, 4.69) is 4.98 Å². The van der Waals surface area contributed by atoms with Gasteiger partial charge in [-0.3, -0.25) is 9.36 Å². The predicted molar refractivity (Wildman–Crippen MR) is 83.7 cm³/mol. The molecular formula is C16H10F3N3O3. The Morgan fingerprint density at radius 3 is 2.52 bits per heavy atom. The van der Waals surface area contributed by atoms with Gasteiger partial charge in [-0.15, -0.1) is 0 Å². The second-order valence-corrected chi connectivity index (χ2v) is 5.21. The molecular weight excluding hydrogens is 339 g/mol. The van der Waals surface area contributed by atoms with Crippen LogP contribution in [0, 0.1) is 0 Å². The van der Waals surface area contributed by atoms with Crippen molar-refractivity contribution in [2.75, 3.05) is 5.73 Å². The molecule has 9 heteroatoms. The van der Waals surface area contributed by atoms with E-state index >= 15 is 0 Å². The first-order valence-electron chi connectivity index (χ1n) is 6.91. The fraction of sp³-hybridized carbons (Fsp3) is 0.0625. The molecule has 0 fully saturated rings. The maximum Gasteiger partial charge on any atom is 0.450 e. The number of nitrogens with two attached hydrogens (primary N) is 1. The van der Waals surface area contributed by atoms with Crippen LogP contribution in [0.5, 0.6) is 0 Å². The summed E-state index contributed by atoms with van der Waals surface area (Å²) >= 11 is 0. The molecule has 0 radical (unpaired) electrons. The zero-order valence-electron chi connectivity index (χ0n) is 12.4. The van der Waals surface area contributed by atoms with E-state index in [1.54, 1.807) is 0 Å². The van der Waals surface area contributed by atoms with Gasteiger partial charge in [-0.05, 0) is 36.4 Å². The number of carbonyl (C=O) groups is 1. The average Bonchev–Trinajstić information content (AvgIpc) is 2.54. The number of hydrogen-bond donors (Lipinski definition) is 2. The van der Waals surface area contributed by atoms with Crippen molar-refractivity contribution in [3.05, 3.63) is 64.2 Å². The minimum Gasteiger partial charge on any atom is -0.478 e. The molecule has 0 saturated carbocycles. The van der Waals surface area contributed by atoms with Gasteiger partial charge in [0.1, 0.15) is 0 Å². The van der Waals surface area contributed by atoms with Crippen LogP contribution in [0.2, 0.25) is 0 Å². The van der Waals surface area contributed by atoms with Crippen molar-refractivity contribution in [1.82, 2.24) is 9.55 Å². The number of hydrogen-bond acceptors (Lipinski definition) is 4. The van der Waals surface area contributed by atoms with E-state index in [1.807, 2.05) is 0 Å². The monoisotopic (exact) mass is 349 g/mol. The van der Waals surface area contributed by atoms with Gasteiger partial charge in [0.25, 0.3) is 5.56 Å². The van der Waals surface area contributed by atoms with Gasteiger partial charge in [0.15, 0.2) is 0 Å². The number of benzene rings is 2. The number of carboxylic acid groups (broad SMARTS) is 1. The van der Waals surface area contributed by atoms with E-state index in [0.717, 1.165) is 6.07 Å². The molecule has 25 heavy (non-hydrogen) atoms. The average molecular weight is 349 g/mol. The number of aromatic carboxylic acids is 1. The van der Waals surface area contributed by atoms with Gasteiger partial charge in [0.05, 0.1) is 22.2 Å². The first kappa shape index (κ1) is 16.5. The van der Waals surface area contributed by atoms with Crippen LogP contribution >= 0.6 is 0 Å². The van der Waals surface area contributed by atoms with Crippen molar-refractivity contribution in [3.63, 3.8) is 0 Å². The van der Waals surface area contributed by atoms with E-state index in [0.29, 0.717) is 4.57 Å². The summed E-state index contributed by atoms with van der Waals surface area (Å²) in [7, 11) is 0. The number of carboxylic acids is 1. The minimum absolute atomic E-state index is 0.103. The minimum atomic E-state index is -4.92. The molecule has 0 unspecified atom stereocenters. The Balaban J connectivity index is 2.43. The second kappa shape index (κ2) is 5.62. The van der Waals surface area contributed by atoms with Crippen molar-refractivity contribution in [3.8, 4) is 5.69 Å². The van der Waals surface area contributed by atoms with Crippen LogP contribution in [0.3, 0.4) is 0 Å². The third kappa shape index (κ3) is 2.91. The van der Waals surface area contributed by atoms with Crippen molar-refractivity contribution < 1.29 is 23.1 Å². The summed E-state index contributed by atoms with van der Waals surface area (Å²) in [5.74, 6) is -2.78. The van der Waals surface area contributed by atoms with Gasteiger partial charge >= 0.3 is 12.1 Å². The first-order chi connectivity index (χ1) is 11.7. The van der Waals surface area contributed by atoms with Crippen LogP contribution in [-0.4, -0.2) is 20.6 Å². The lowest BCUT2D eigenvalue weighted by Crippen LogP contribution is -2.29. The molecule has 2 aromatic carbocycles. The summed E-state index contributed by atoms with van der Waals surface area (Å²) in [6, 6.07) is 8.40. The van der Waals surface area contributed by atoms with Crippen molar-refractivity contribution >= 4 is 22.6 Å². The molecule has 3 N–H and O–H groups in total. The van der Waals surface area contributed by atoms with Crippen LogP contribution in [0.15, 0.2) is 47.3 Å². The van der Waals surface area contributed by atoms with Crippen LogP contribution in [0.1, 0.15) is 16.2 Å². The third-order valence-corrected chi connectivity index (χ3v) is 3.50. The molecule has 128 valence electrons. The molecule has 6 nitrogen and oxygen atoms in total. The number of aromatic nitrogens is 2. The summed E-state index contributed by atoms with van der Waals surface area (Å²) in [6.45, 7) is 0. The van der Waals surface area contributed by atoms with Crippen LogP contribution in [-0.2, 0) is 6.18 Å². The highest BCUT2D eigenvalue weighted by atomic mass is 19.4. The largest absolute Gasteiger partial charge is 0.478 e. The smallest absolute Gasteiger partial charge is 0.450 e. The van der Waals surface area contributed by atoms with Crippen LogP contribution in [0.4, 0.5) is 18.9 Å². The summed E-state index contributed by atoms with van der Waals surface area (Å²) < 4.78 is 40.6. The Labute approximate surface area is 138 Å². The molecule has 3 aromatic rings. The topological polar surface area (TPSA) is 98.2 Å². The molecule has 0 saturated heterocycles. The quantitative estimate of drug-likeness (QED) is 0.693. The molecule has 0 bridgehead atoms. The Hall–Kier alpha value is -3.36. The lowest BCUT2D eigenvalue weighted by atomic mass is 10.1. The Kier molecular flexibility index (Phi) is 3.71. The zero-order chi connectivity index (χ0) is 18.4. The molecule has 1 heterocycles. The van der Waals surface area contributed by atoms with Crippen molar-refractivity contribution in [1.29, 1.82) is 0 Å². The number of rotatable bonds is 2. The molecule has 0 aliphatic rings. The number of alkyl halides is 3. The molecule has 0 atom stereocenters. The Morgan fingerprint density at radius 1 is 1.16 bits per heavy atom. The first-order valence-corrected chi connectivity index (χ1v) is 6.91. The highest BCUT2D eigenvalue weighted by Crippen LogP contribution is 2.30. The van der Waals surface area contributed by atoms with Gasteiger partial charge in [-0.2, -0.15) is 13.2 Å². The van der Waals surface area contributed by atoms with Crippen molar-refractivity contribution in [2.24, 2.45) is 0 Å². The highest BCUT2D eigenvalue weighted by Gasteiger charge is 2.38. The maximum absolute atomic E-state index is 13.4. The normalized spacial score (nSPS) is 11.6. The Bertz CT molecular complexity index is 1060. The molecule has 0 aliphatic heterocycles. The van der Waals surface area contributed by atoms with Gasteiger partial charge in [0, 0.05) is 5.69 Å². The van der Waals surface area contributed by atoms with E-state index < -0.39 is 23.5 Å². The summed E-state index contributed by atoms with van der Waals surface area (Å²) in [6.07, 6.45) is -4.92. The van der Waals surface area contributed by atoms with Gasteiger partial charge in [-0.25, -0.2) is 9.78 Å². The predicted octanol–water partition coefficient (Wildman–Crippen LogP) is 2.68. The van der Waals surface area contributed by atoms with E-state index in [1.165, 1.54) is 36.4 Å². The molecule has 0 spiro atoms. The second-order valence-electron chi connectivity index (χ2n) is 5.21. The van der Waals surface area contributed by atoms with Gasteiger partial charge < -0.3 is 10.8 Å². The molecule has 0 aliphatic carbocycles. The summed E-state index contributed by atoms with van der Waals surface area (Å²) in [5, 5.41) is 8.92. The number of nitrogens with zero attached hydrogens (tertiary/aromatic N) is 2. The van der Waals surface area contributed by atoms with Crippen LogP contribution in [0.25, 0.3) is 16.6 Å². The SMILES string of the molecule is Nc1ccc2nc(C(F)(F)F)n(-c3cccc(C(=O)O)c3)c(=O)c2c1. The zero-order valence-corrected chi connectivity index (χ0v) is 12.4. The van der Waals surface area contributed by atoms with Gasteiger partial charge in [-0.1, -0.05) is 6.07 Å².